The van der Waals surface area contributed by atoms with Crippen molar-refractivity contribution < 1.29 is 24.2 Å². The minimum absolute atomic E-state index is 0.183. The van der Waals surface area contributed by atoms with Crippen LogP contribution in [0.1, 0.15) is 12.0 Å². The Morgan fingerprint density at radius 3 is 2.75 bits per heavy atom. The smallest absolute Gasteiger partial charge is 0.407 e. The number of benzene rings is 1. The van der Waals surface area contributed by atoms with Crippen molar-refractivity contribution in [3.8, 4) is 0 Å². The monoisotopic (exact) mass is 279 g/mol. The predicted molar refractivity (Wildman–Crippen MR) is 70.1 cm³/mol. The molecule has 0 unspecified atom stereocenters. The van der Waals surface area contributed by atoms with Crippen LogP contribution in [-0.4, -0.2) is 36.4 Å². The van der Waals surface area contributed by atoms with Crippen molar-refractivity contribution in [3.63, 3.8) is 0 Å². The first-order valence-electron chi connectivity index (χ1n) is 6.43. The zero-order valence-electron chi connectivity index (χ0n) is 11.0. The van der Waals surface area contributed by atoms with Gasteiger partial charge in [0.05, 0.1) is 25.2 Å². The first kappa shape index (κ1) is 14.3. The van der Waals surface area contributed by atoms with E-state index < -0.39 is 18.0 Å². The van der Waals surface area contributed by atoms with Crippen LogP contribution >= 0.6 is 0 Å². The molecule has 0 saturated carbocycles. The summed E-state index contributed by atoms with van der Waals surface area (Å²) in [5, 5.41) is 11.5. The highest BCUT2D eigenvalue weighted by molar-refractivity contribution is 5.71. The Bertz CT molecular complexity index is 462. The van der Waals surface area contributed by atoms with Crippen LogP contribution in [0.2, 0.25) is 0 Å². The minimum atomic E-state index is -0.908. The van der Waals surface area contributed by atoms with Gasteiger partial charge in [0.15, 0.2) is 0 Å². The maximum Gasteiger partial charge on any atom is 0.407 e. The third kappa shape index (κ3) is 4.24. The molecule has 1 aliphatic heterocycles. The van der Waals surface area contributed by atoms with Crippen LogP contribution in [0.5, 0.6) is 0 Å². The molecular formula is C14H17NO5. The number of carboxylic acid groups (broad SMARTS) is 1. The summed E-state index contributed by atoms with van der Waals surface area (Å²) in [4.78, 5) is 22.5. The number of rotatable bonds is 4. The van der Waals surface area contributed by atoms with Gasteiger partial charge in [-0.25, -0.2) is 4.79 Å². The first-order chi connectivity index (χ1) is 9.65. The molecule has 6 nitrogen and oxygen atoms in total. The highest BCUT2D eigenvalue weighted by Gasteiger charge is 2.28. The average Bonchev–Trinajstić information content (AvgIpc) is 2.46. The van der Waals surface area contributed by atoms with E-state index in [2.05, 4.69) is 5.32 Å². The lowest BCUT2D eigenvalue weighted by atomic mass is 9.99. The van der Waals surface area contributed by atoms with E-state index in [0.717, 1.165) is 5.56 Å². The zero-order chi connectivity index (χ0) is 14.4. The molecule has 2 N–H and O–H groups in total. The molecule has 0 radical (unpaired) electrons. The van der Waals surface area contributed by atoms with Crippen molar-refractivity contribution in [2.24, 2.45) is 5.92 Å². The third-order valence-corrected chi connectivity index (χ3v) is 3.09. The van der Waals surface area contributed by atoms with Gasteiger partial charge in [0.2, 0.25) is 0 Å². The number of carboxylic acids is 1. The number of alkyl carbamates (subject to hydrolysis) is 1. The van der Waals surface area contributed by atoms with Gasteiger partial charge in [-0.15, -0.1) is 0 Å². The molecule has 1 aromatic rings. The largest absolute Gasteiger partial charge is 0.481 e. The minimum Gasteiger partial charge on any atom is -0.481 e. The molecule has 20 heavy (non-hydrogen) atoms. The van der Waals surface area contributed by atoms with E-state index in [1.54, 1.807) is 0 Å². The second-order valence-corrected chi connectivity index (χ2v) is 4.71. The van der Waals surface area contributed by atoms with Crippen molar-refractivity contribution >= 4 is 12.1 Å². The summed E-state index contributed by atoms with van der Waals surface area (Å²) in [5.41, 5.74) is 0.894. The summed E-state index contributed by atoms with van der Waals surface area (Å²) in [7, 11) is 0. The molecular weight excluding hydrogens is 262 g/mol. The molecule has 2 atom stereocenters. The fourth-order valence-electron chi connectivity index (χ4n) is 2.04. The van der Waals surface area contributed by atoms with E-state index in [1.165, 1.54) is 0 Å². The molecule has 1 amide bonds. The van der Waals surface area contributed by atoms with Gasteiger partial charge in [0, 0.05) is 0 Å². The van der Waals surface area contributed by atoms with Crippen LogP contribution in [0, 0.1) is 5.92 Å². The fourth-order valence-corrected chi connectivity index (χ4v) is 2.04. The molecule has 1 saturated heterocycles. The number of carbonyl (C=O) groups is 2. The summed E-state index contributed by atoms with van der Waals surface area (Å²) >= 11 is 0. The average molecular weight is 279 g/mol. The van der Waals surface area contributed by atoms with E-state index in [-0.39, 0.29) is 19.3 Å². The van der Waals surface area contributed by atoms with Crippen LogP contribution in [-0.2, 0) is 20.9 Å². The molecule has 1 fully saturated rings. The fraction of sp³-hybridized carbons (Fsp3) is 0.429. The Morgan fingerprint density at radius 2 is 2.05 bits per heavy atom. The number of amides is 1. The quantitative estimate of drug-likeness (QED) is 0.870. The summed E-state index contributed by atoms with van der Waals surface area (Å²) in [6.45, 7) is 0.680. The number of nitrogens with one attached hydrogen (secondary N) is 1. The summed E-state index contributed by atoms with van der Waals surface area (Å²) < 4.78 is 10.2. The molecule has 1 aliphatic rings. The number of ether oxygens (including phenoxy) is 2. The van der Waals surface area contributed by atoms with E-state index >= 15 is 0 Å². The second-order valence-electron chi connectivity index (χ2n) is 4.71. The van der Waals surface area contributed by atoms with Crippen molar-refractivity contribution in [2.45, 2.75) is 19.1 Å². The van der Waals surface area contributed by atoms with Gasteiger partial charge < -0.3 is 19.9 Å². The van der Waals surface area contributed by atoms with Crippen molar-refractivity contribution in [2.75, 3.05) is 13.2 Å². The molecule has 0 aromatic heterocycles. The Kier molecular flexibility index (Phi) is 4.95. The molecule has 0 aliphatic carbocycles. The molecule has 0 bridgehead atoms. The number of hydrogen-bond donors (Lipinski definition) is 2. The van der Waals surface area contributed by atoms with Gasteiger partial charge >= 0.3 is 12.1 Å². The summed E-state index contributed by atoms with van der Waals surface area (Å²) in [5.74, 6) is -1.49. The van der Waals surface area contributed by atoms with Gasteiger partial charge in [0.1, 0.15) is 6.61 Å². The lowest BCUT2D eigenvalue weighted by molar-refractivity contribution is -0.146. The van der Waals surface area contributed by atoms with Crippen molar-refractivity contribution in [1.82, 2.24) is 5.32 Å². The van der Waals surface area contributed by atoms with Crippen LogP contribution < -0.4 is 5.32 Å². The van der Waals surface area contributed by atoms with E-state index in [4.69, 9.17) is 14.6 Å². The Balaban J connectivity index is 1.75. The molecule has 6 heteroatoms. The third-order valence-electron chi connectivity index (χ3n) is 3.09. The van der Waals surface area contributed by atoms with Crippen molar-refractivity contribution in [3.05, 3.63) is 35.9 Å². The van der Waals surface area contributed by atoms with E-state index in [9.17, 15) is 9.59 Å². The van der Waals surface area contributed by atoms with E-state index in [0.29, 0.717) is 13.0 Å². The van der Waals surface area contributed by atoms with Crippen LogP contribution in [0.25, 0.3) is 0 Å². The summed E-state index contributed by atoms with van der Waals surface area (Å²) in [6.07, 6.45) is -0.205. The van der Waals surface area contributed by atoms with Crippen LogP contribution in [0.4, 0.5) is 4.79 Å². The second kappa shape index (κ2) is 6.91. The predicted octanol–water partition coefficient (Wildman–Crippen LogP) is 1.40. The van der Waals surface area contributed by atoms with Gasteiger partial charge in [-0.05, 0) is 12.0 Å². The number of hydrogen-bond acceptors (Lipinski definition) is 4. The highest BCUT2D eigenvalue weighted by atomic mass is 16.5. The topological polar surface area (TPSA) is 84.9 Å². The molecule has 1 aromatic carbocycles. The number of aliphatic carboxylic acids is 1. The summed E-state index contributed by atoms with van der Waals surface area (Å²) in [6, 6.07) is 9.00. The van der Waals surface area contributed by atoms with E-state index in [1.807, 2.05) is 30.3 Å². The Morgan fingerprint density at radius 1 is 1.30 bits per heavy atom. The lowest BCUT2D eigenvalue weighted by Gasteiger charge is -2.27. The molecule has 1 heterocycles. The van der Waals surface area contributed by atoms with Gasteiger partial charge in [-0.1, -0.05) is 30.3 Å². The van der Waals surface area contributed by atoms with Gasteiger partial charge in [0.25, 0.3) is 0 Å². The Hall–Kier alpha value is -2.08. The molecule has 108 valence electrons. The van der Waals surface area contributed by atoms with Gasteiger partial charge in [-0.3, -0.25) is 4.79 Å². The zero-order valence-corrected chi connectivity index (χ0v) is 11.0. The van der Waals surface area contributed by atoms with Gasteiger partial charge in [-0.2, -0.15) is 0 Å². The van der Waals surface area contributed by atoms with Crippen LogP contribution in [0.15, 0.2) is 30.3 Å². The number of carbonyl (C=O) groups excluding carboxylic acids is 1. The maximum absolute atomic E-state index is 11.6. The first-order valence-corrected chi connectivity index (χ1v) is 6.43. The standard InChI is InChI=1S/C14H17NO5/c16-13(17)11-6-12(9-19-8-11)15-14(18)20-7-10-4-2-1-3-5-10/h1-5,11-12H,6-9H2,(H,15,18)(H,16,17)/t11-,12+/m0/s1. The van der Waals surface area contributed by atoms with Crippen molar-refractivity contribution in [1.29, 1.82) is 0 Å². The van der Waals surface area contributed by atoms with Crippen LogP contribution in [0.3, 0.4) is 0 Å². The normalized spacial score (nSPS) is 22.0. The SMILES string of the molecule is O=C(N[C@H]1COC[C@@H](C(=O)O)C1)OCc1ccccc1. The maximum atomic E-state index is 11.6. The lowest BCUT2D eigenvalue weighted by Crippen LogP contribution is -2.45. The molecule has 0 spiro atoms. The molecule has 2 rings (SSSR count). The Labute approximate surface area is 116 Å². The highest BCUT2D eigenvalue weighted by Crippen LogP contribution is 2.14.